The molecule has 3 rings (SSSR count). The minimum Gasteiger partial charge on any atom is -0.235 e. The maximum Gasteiger partial charge on any atom is 0.147 e. The Bertz CT molecular complexity index is 677. The van der Waals surface area contributed by atoms with E-state index in [1.807, 2.05) is 0 Å². The summed E-state index contributed by atoms with van der Waals surface area (Å²) in [6.07, 6.45) is 0.998. The van der Waals surface area contributed by atoms with Gasteiger partial charge >= 0.3 is 0 Å². The highest BCUT2D eigenvalue weighted by Crippen LogP contribution is 2.41. The number of rotatable bonds is 1. The Morgan fingerprint density at radius 2 is 1.90 bits per heavy atom. The summed E-state index contributed by atoms with van der Waals surface area (Å²) in [5.41, 5.74) is 3.61. The van der Waals surface area contributed by atoms with Crippen LogP contribution in [0.15, 0.2) is 28.7 Å². The lowest BCUT2D eigenvalue weighted by atomic mass is 9.77. The van der Waals surface area contributed by atoms with Gasteiger partial charge in [0, 0.05) is 11.3 Å². The van der Waals surface area contributed by atoms with Crippen LogP contribution >= 0.6 is 27.5 Å². The van der Waals surface area contributed by atoms with Crippen molar-refractivity contribution in [2.45, 2.75) is 38.5 Å². The molecular weight excluding hydrogens is 336 g/mol. The van der Waals surface area contributed by atoms with Gasteiger partial charge in [0.2, 0.25) is 0 Å². The van der Waals surface area contributed by atoms with Gasteiger partial charge < -0.3 is 0 Å². The van der Waals surface area contributed by atoms with Crippen molar-refractivity contribution in [3.05, 3.63) is 56.5 Å². The van der Waals surface area contributed by atoms with Gasteiger partial charge in [0.1, 0.15) is 11.0 Å². The van der Waals surface area contributed by atoms with Crippen LogP contribution in [0.2, 0.25) is 5.15 Å². The summed E-state index contributed by atoms with van der Waals surface area (Å²) in [4.78, 5) is 9.26. The van der Waals surface area contributed by atoms with Crippen molar-refractivity contribution in [1.29, 1.82) is 0 Å². The molecule has 0 aliphatic heterocycles. The van der Waals surface area contributed by atoms with E-state index in [2.05, 4.69) is 66.0 Å². The second-order valence-electron chi connectivity index (χ2n) is 6.24. The zero-order valence-corrected chi connectivity index (χ0v) is 14.1. The molecule has 0 saturated carbocycles. The van der Waals surface area contributed by atoms with Crippen molar-refractivity contribution in [1.82, 2.24) is 9.97 Å². The minimum absolute atomic E-state index is 0.0660. The quantitative estimate of drug-likeness (QED) is 0.684. The van der Waals surface area contributed by atoms with Crippen LogP contribution in [-0.4, -0.2) is 9.97 Å². The van der Waals surface area contributed by atoms with E-state index >= 15 is 0 Å². The molecule has 1 aliphatic carbocycles. The van der Waals surface area contributed by atoms with Crippen LogP contribution in [0.5, 0.6) is 0 Å². The molecule has 2 nitrogen and oxygen atoms in total. The van der Waals surface area contributed by atoms with Crippen LogP contribution in [0.1, 0.15) is 49.3 Å². The van der Waals surface area contributed by atoms with Gasteiger partial charge in [-0.15, -0.1) is 0 Å². The van der Waals surface area contributed by atoms with Crippen molar-refractivity contribution in [3.63, 3.8) is 0 Å². The molecule has 0 amide bonds. The third-order valence-electron chi connectivity index (χ3n) is 3.70. The third kappa shape index (κ3) is 2.27. The Morgan fingerprint density at radius 3 is 2.55 bits per heavy atom. The third-order valence-corrected chi connectivity index (χ3v) is 4.96. The van der Waals surface area contributed by atoms with Crippen molar-refractivity contribution in [2.24, 2.45) is 0 Å². The van der Waals surface area contributed by atoms with Gasteiger partial charge in [-0.05, 0) is 33.5 Å². The fraction of sp³-hybridized carbons (Fsp3) is 0.375. The molecule has 1 heterocycles. The second kappa shape index (κ2) is 4.81. The van der Waals surface area contributed by atoms with Crippen LogP contribution in [-0.2, 0) is 11.8 Å². The number of fused-ring (bicyclic) bond motifs is 1. The lowest BCUT2D eigenvalue weighted by molar-refractivity contribution is 0.548. The van der Waals surface area contributed by atoms with E-state index in [9.17, 15) is 0 Å². The molecule has 1 aromatic heterocycles. The SMILES string of the molecule is CC(C)(C)c1nc(C2Cc3ccccc32)nc(Cl)c1Br. The monoisotopic (exact) mass is 350 g/mol. The van der Waals surface area contributed by atoms with E-state index in [1.54, 1.807) is 0 Å². The lowest BCUT2D eigenvalue weighted by Crippen LogP contribution is -2.23. The van der Waals surface area contributed by atoms with Crippen molar-refractivity contribution in [2.75, 3.05) is 0 Å². The van der Waals surface area contributed by atoms with Crippen LogP contribution in [0.3, 0.4) is 0 Å². The van der Waals surface area contributed by atoms with E-state index in [4.69, 9.17) is 16.6 Å². The number of nitrogens with zero attached hydrogens (tertiary/aromatic N) is 2. The van der Waals surface area contributed by atoms with E-state index in [0.717, 1.165) is 22.4 Å². The van der Waals surface area contributed by atoms with Gasteiger partial charge in [-0.1, -0.05) is 56.6 Å². The average molecular weight is 352 g/mol. The molecule has 4 heteroatoms. The second-order valence-corrected chi connectivity index (χ2v) is 7.39. The molecule has 2 aromatic rings. The highest BCUT2D eigenvalue weighted by molar-refractivity contribution is 9.10. The molecule has 1 atom stereocenters. The first-order chi connectivity index (χ1) is 9.38. The summed E-state index contributed by atoms with van der Waals surface area (Å²) in [7, 11) is 0. The molecule has 1 aromatic carbocycles. The van der Waals surface area contributed by atoms with Gasteiger partial charge in [-0.3, -0.25) is 0 Å². The predicted octanol–water partition coefficient (Wildman–Crippen LogP) is 4.88. The zero-order chi connectivity index (χ0) is 14.5. The van der Waals surface area contributed by atoms with Gasteiger partial charge in [0.15, 0.2) is 0 Å². The molecule has 20 heavy (non-hydrogen) atoms. The molecule has 0 spiro atoms. The van der Waals surface area contributed by atoms with Crippen LogP contribution in [0.4, 0.5) is 0 Å². The van der Waals surface area contributed by atoms with Crippen LogP contribution in [0.25, 0.3) is 0 Å². The van der Waals surface area contributed by atoms with E-state index in [1.165, 1.54) is 11.1 Å². The summed E-state index contributed by atoms with van der Waals surface area (Å²) >= 11 is 9.79. The molecule has 104 valence electrons. The Labute approximate surface area is 132 Å². The van der Waals surface area contributed by atoms with E-state index in [-0.39, 0.29) is 11.3 Å². The number of hydrogen-bond donors (Lipinski definition) is 0. The van der Waals surface area contributed by atoms with Crippen LogP contribution < -0.4 is 0 Å². The highest BCUT2D eigenvalue weighted by Gasteiger charge is 2.32. The standard InChI is InChI=1S/C16H16BrClN2/c1-16(2,3)13-12(17)14(18)20-15(19-13)11-8-9-6-4-5-7-10(9)11/h4-7,11H,8H2,1-3H3. The van der Waals surface area contributed by atoms with E-state index in [0.29, 0.717) is 5.15 Å². The first kappa shape index (κ1) is 14.0. The number of halogens is 2. The Hall–Kier alpha value is -0.930. The van der Waals surface area contributed by atoms with E-state index < -0.39 is 0 Å². The first-order valence-corrected chi connectivity index (χ1v) is 7.86. The summed E-state index contributed by atoms with van der Waals surface area (Å²) in [6, 6.07) is 8.46. The van der Waals surface area contributed by atoms with Crippen molar-refractivity contribution >= 4 is 27.5 Å². The lowest BCUT2D eigenvalue weighted by Gasteiger charge is -2.30. The van der Waals surface area contributed by atoms with Crippen molar-refractivity contribution < 1.29 is 0 Å². The molecule has 0 bridgehead atoms. The van der Waals surface area contributed by atoms with Gasteiger partial charge in [-0.25, -0.2) is 9.97 Å². The topological polar surface area (TPSA) is 25.8 Å². The van der Waals surface area contributed by atoms with Crippen molar-refractivity contribution in [3.8, 4) is 0 Å². The average Bonchev–Trinajstić information content (AvgIpc) is 2.33. The summed E-state index contributed by atoms with van der Waals surface area (Å²) in [5.74, 6) is 1.11. The smallest absolute Gasteiger partial charge is 0.147 e. The van der Waals surface area contributed by atoms with Gasteiger partial charge in [0.05, 0.1) is 10.2 Å². The largest absolute Gasteiger partial charge is 0.235 e. The highest BCUT2D eigenvalue weighted by atomic mass is 79.9. The molecule has 0 saturated heterocycles. The Balaban J connectivity index is 2.07. The molecule has 0 N–H and O–H groups in total. The number of hydrogen-bond acceptors (Lipinski definition) is 2. The van der Waals surface area contributed by atoms with Crippen LogP contribution in [0, 0.1) is 0 Å². The molecule has 0 fully saturated rings. The summed E-state index contributed by atoms with van der Waals surface area (Å²) in [5, 5.41) is 0.504. The maximum atomic E-state index is 6.28. The minimum atomic E-state index is -0.0660. The Morgan fingerprint density at radius 1 is 1.20 bits per heavy atom. The molecule has 1 unspecified atom stereocenters. The molecule has 0 radical (unpaired) electrons. The van der Waals surface area contributed by atoms with Gasteiger partial charge in [0.25, 0.3) is 0 Å². The fourth-order valence-corrected chi connectivity index (χ4v) is 3.53. The first-order valence-electron chi connectivity index (χ1n) is 6.69. The molecular formula is C16H16BrClN2. The maximum absolute atomic E-state index is 6.28. The normalized spacial score (nSPS) is 17.6. The fourth-order valence-electron chi connectivity index (χ4n) is 2.58. The number of benzene rings is 1. The summed E-state index contributed by atoms with van der Waals surface area (Å²) < 4.78 is 0.808. The zero-order valence-electron chi connectivity index (χ0n) is 11.7. The Kier molecular flexibility index (Phi) is 3.38. The summed E-state index contributed by atoms with van der Waals surface area (Å²) in [6.45, 7) is 6.40. The van der Waals surface area contributed by atoms with Gasteiger partial charge in [-0.2, -0.15) is 0 Å². The predicted molar refractivity (Wildman–Crippen MR) is 85.4 cm³/mol. The molecule has 1 aliphatic rings. The number of aromatic nitrogens is 2.